The summed E-state index contributed by atoms with van der Waals surface area (Å²) in [6, 6.07) is 0.0708. The molecule has 2 rings (SSSR count). The van der Waals surface area contributed by atoms with Crippen LogP contribution in [0.3, 0.4) is 0 Å². The maximum absolute atomic E-state index is 11.9. The van der Waals surface area contributed by atoms with E-state index in [4.69, 9.17) is 6.42 Å². The van der Waals surface area contributed by atoms with Gasteiger partial charge in [0.25, 0.3) is 5.91 Å². The standard InChI is InChI=1S/C13H19N5O/c1-3-10(4-2)15-13(19)12-9-18(17-16-12)11-5-7-14-8-6-11/h1,9-11,14H,4-8H2,2H3,(H,15,19). The van der Waals surface area contributed by atoms with Crippen LogP contribution in [0.4, 0.5) is 0 Å². The molecule has 6 nitrogen and oxygen atoms in total. The maximum Gasteiger partial charge on any atom is 0.274 e. The van der Waals surface area contributed by atoms with Crippen molar-refractivity contribution in [2.75, 3.05) is 13.1 Å². The lowest BCUT2D eigenvalue weighted by Gasteiger charge is -2.22. The quantitative estimate of drug-likeness (QED) is 0.767. The van der Waals surface area contributed by atoms with Crippen LogP contribution < -0.4 is 10.6 Å². The van der Waals surface area contributed by atoms with Crippen LogP contribution in [0.1, 0.15) is 42.7 Å². The molecule has 102 valence electrons. The lowest BCUT2D eigenvalue weighted by molar-refractivity contribution is 0.0940. The molecule has 0 spiro atoms. The fourth-order valence-corrected chi connectivity index (χ4v) is 2.12. The van der Waals surface area contributed by atoms with E-state index >= 15 is 0 Å². The van der Waals surface area contributed by atoms with Crippen LogP contribution in [-0.4, -0.2) is 40.0 Å². The first-order valence-corrected chi connectivity index (χ1v) is 6.64. The van der Waals surface area contributed by atoms with Gasteiger partial charge in [-0.2, -0.15) is 0 Å². The minimum atomic E-state index is -0.259. The Balaban J connectivity index is 2.00. The summed E-state index contributed by atoms with van der Waals surface area (Å²) in [6.07, 6.45) is 9.73. The smallest absolute Gasteiger partial charge is 0.274 e. The highest BCUT2D eigenvalue weighted by Crippen LogP contribution is 2.16. The molecule has 2 N–H and O–H groups in total. The van der Waals surface area contributed by atoms with Crippen LogP contribution in [0, 0.1) is 12.3 Å². The summed E-state index contributed by atoms with van der Waals surface area (Å²) in [6.45, 7) is 3.87. The lowest BCUT2D eigenvalue weighted by Crippen LogP contribution is -2.33. The third kappa shape index (κ3) is 3.32. The molecule has 1 aliphatic heterocycles. The van der Waals surface area contributed by atoms with E-state index in [1.54, 1.807) is 10.9 Å². The Hall–Kier alpha value is -1.87. The molecule has 1 aromatic heterocycles. The summed E-state index contributed by atoms with van der Waals surface area (Å²) in [4.78, 5) is 11.9. The predicted octanol–water partition coefficient (Wildman–Crippen LogP) is 0.344. The van der Waals surface area contributed by atoms with Gasteiger partial charge in [0, 0.05) is 0 Å². The molecule has 0 aromatic carbocycles. The monoisotopic (exact) mass is 261 g/mol. The first-order valence-electron chi connectivity index (χ1n) is 6.64. The van der Waals surface area contributed by atoms with Gasteiger partial charge in [0.05, 0.1) is 18.3 Å². The van der Waals surface area contributed by atoms with Crippen molar-refractivity contribution in [2.24, 2.45) is 0 Å². The van der Waals surface area contributed by atoms with Crippen molar-refractivity contribution < 1.29 is 4.79 Å². The number of nitrogens with zero attached hydrogens (tertiary/aromatic N) is 3. The Morgan fingerprint density at radius 3 is 3.05 bits per heavy atom. The van der Waals surface area contributed by atoms with Gasteiger partial charge in [0.1, 0.15) is 0 Å². The van der Waals surface area contributed by atoms with Gasteiger partial charge < -0.3 is 10.6 Å². The fourth-order valence-electron chi connectivity index (χ4n) is 2.12. The number of rotatable bonds is 4. The maximum atomic E-state index is 11.9. The molecule has 1 aromatic rings. The molecule has 1 atom stereocenters. The number of terminal acetylenes is 1. The third-order valence-electron chi connectivity index (χ3n) is 3.34. The highest BCUT2D eigenvalue weighted by atomic mass is 16.2. The molecule has 19 heavy (non-hydrogen) atoms. The van der Waals surface area contributed by atoms with E-state index in [2.05, 4.69) is 26.9 Å². The van der Waals surface area contributed by atoms with Crippen molar-refractivity contribution in [1.82, 2.24) is 25.6 Å². The Morgan fingerprint density at radius 1 is 1.68 bits per heavy atom. The highest BCUT2D eigenvalue weighted by molar-refractivity contribution is 5.92. The molecule has 1 fully saturated rings. The van der Waals surface area contributed by atoms with Crippen LogP contribution in [0.5, 0.6) is 0 Å². The number of hydrogen-bond acceptors (Lipinski definition) is 4. The van der Waals surface area contributed by atoms with Gasteiger partial charge in [0.2, 0.25) is 0 Å². The molecule has 1 saturated heterocycles. The highest BCUT2D eigenvalue weighted by Gasteiger charge is 2.19. The number of carbonyl (C=O) groups is 1. The lowest BCUT2D eigenvalue weighted by atomic mass is 10.1. The first kappa shape index (κ1) is 13.6. The molecular formula is C13H19N5O. The van der Waals surface area contributed by atoms with Crippen molar-refractivity contribution in [3.8, 4) is 12.3 Å². The summed E-state index contributed by atoms with van der Waals surface area (Å²) < 4.78 is 1.78. The Morgan fingerprint density at radius 2 is 2.42 bits per heavy atom. The molecule has 0 aliphatic carbocycles. The van der Waals surface area contributed by atoms with E-state index in [0.717, 1.165) is 25.9 Å². The van der Waals surface area contributed by atoms with Gasteiger partial charge in [0.15, 0.2) is 5.69 Å². The first-order chi connectivity index (χ1) is 9.24. The zero-order valence-corrected chi connectivity index (χ0v) is 11.1. The van der Waals surface area contributed by atoms with Gasteiger partial charge in [-0.25, -0.2) is 4.68 Å². The summed E-state index contributed by atoms with van der Waals surface area (Å²) in [7, 11) is 0. The van der Waals surface area contributed by atoms with E-state index in [1.807, 2.05) is 6.92 Å². The zero-order chi connectivity index (χ0) is 13.7. The van der Waals surface area contributed by atoms with E-state index in [0.29, 0.717) is 18.2 Å². The van der Waals surface area contributed by atoms with E-state index < -0.39 is 0 Å². The molecule has 1 aliphatic rings. The number of amides is 1. The number of piperidine rings is 1. The van der Waals surface area contributed by atoms with Crippen LogP contribution >= 0.6 is 0 Å². The largest absolute Gasteiger partial charge is 0.337 e. The van der Waals surface area contributed by atoms with Gasteiger partial charge in [-0.15, -0.1) is 11.5 Å². The Kier molecular flexibility index (Phi) is 4.53. The fraction of sp³-hybridized carbons (Fsp3) is 0.615. The number of nitrogens with one attached hydrogen (secondary N) is 2. The molecule has 0 radical (unpaired) electrons. The molecule has 0 saturated carbocycles. The second kappa shape index (κ2) is 6.34. The van der Waals surface area contributed by atoms with E-state index in [9.17, 15) is 4.79 Å². The second-order valence-corrected chi connectivity index (χ2v) is 4.67. The van der Waals surface area contributed by atoms with Crippen LogP contribution in [0.25, 0.3) is 0 Å². The van der Waals surface area contributed by atoms with Crippen LogP contribution in [0.2, 0.25) is 0 Å². The van der Waals surface area contributed by atoms with Gasteiger partial charge >= 0.3 is 0 Å². The molecular weight excluding hydrogens is 242 g/mol. The third-order valence-corrected chi connectivity index (χ3v) is 3.34. The Labute approximate surface area is 112 Å². The van der Waals surface area contributed by atoms with Crippen molar-refractivity contribution in [2.45, 2.75) is 38.3 Å². The van der Waals surface area contributed by atoms with Crippen molar-refractivity contribution >= 4 is 5.91 Å². The number of hydrogen-bond donors (Lipinski definition) is 2. The average Bonchev–Trinajstić information content (AvgIpc) is 2.95. The molecule has 1 amide bonds. The van der Waals surface area contributed by atoms with Crippen molar-refractivity contribution in [1.29, 1.82) is 0 Å². The van der Waals surface area contributed by atoms with Gasteiger partial charge in [-0.1, -0.05) is 18.1 Å². The Bertz CT molecular complexity index is 470. The minimum absolute atomic E-state index is 0.253. The molecule has 6 heteroatoms. The molecule has 2 heterocycles. The molecule has 0 bridgehead atoms. The number of aromatic nitrogens is 3. The summed E-state index contributed by atoms with van der Waals surface area (Å²) in [5.41, 5.74) is 0.326. The van der Waals surface area contributed by atoms with Crippen LogP contribution in [0.15, 0.2) is 6.20 Å². The SMILES string of the molecule is C#CC(CC)NC(=O)c1cn(C2CCNCC2)nn1. The van der Waals surface area contributed by atoms with Crippen molar-refractivity contribution in [3.05, 3.63) is 11.9 Å². The van der Waals surface area contributed by atoms with Crippen molar-refractivity contribution in [3.63, 3.8) is 0 Å². The van der Waals surface area contributed by atoms with E-state index in [-0.39, 0.29) is 11.9 Å². The topological polar surface area (TPSA) is 71.8 Å². The van der Waals surface area contributed by atoms with Crippen LogP contribution in [-0.2, 0) is 0 Å². The summed E-state index contributed by atoms with van der Waals surface area (Å²) >= 11 is 0. The average molecular weight is 261 g/mol. The number of carbonyl (C=O) groups excluding carboxylic acids is 1. The van der Waals surface area contributed by atoms with E-state index in [1.165, 1.54) is 0 Å². The normalized spacial score (nSPS) is 17.7. The predicted molar refractivity (Wildman–Crippen MR) is 71.5 cm³/mol. The van der Waals surface area contributed by atoms with Gasteiger partial charge in [-0.3, -0.25) is 4.79 Å². The minimum Gasteiger partial charge on any atom is -0.337 e. The zero-order valence-electron chi connectivity index (χ0n) is 11.1. The summed E-state index contributed by atoms with van der Waals surface area (Å²) in [5.74, 6) is 2.27. The second-order valence-electron chi connectivity index (χ2n) is 4.67. The molecule has 1 unspecified atom stereocenters. The summed E-state index contributed by atoms with van der Waals surface area (Å²) in [5, 5.41) is 14.0. The van der Waals surface area contributed by atoms with Gasteiger partial charge in [-0.05, 0) is 32.4 Å².